The summed E-state index contributed by atoms with van der Waals surface area (Å²) in [6, 6.07) is 22.8. The molecule has 0 saturated carbocycles. The van der Waals surface area contributed by atoms with E-state index in [9.17, 15) is 9.59 Å². The number of benzene rings is 3. The molecule has 2 fully saturated rings. The van der Waals surface area contributed by atoms with Gasteiger partial charge in [0, 0.05) is 27.1 Å². The molecule has 4 unspecified atom stereocenters. The number of ether oxygens (including phenoxy) is 4. The van der Waals surface area contributed by atoms with Crippen LogP contribution in [0.5, 0.6) is 17.2 Å². The molecule has 3 aromatic rings. The number of carbonyl (C=O) groups is 2. The summed E-state index contributed by atoms with van der Waals surface area (Å²) >= 11 is -0.139. The largest absolute Gasteiger partial charge is 0.497 e. The van der Waals surface area contributed by atoms with E-state index >= 15 is 0 Å². The molecule has 5 rings (SSSR count). The fourth-order valence-corrected chi connectivity index (χ4v) is 7.05. The zero-order valence-electron chi connectivity index (χ0n) is 28.8. The summed E-state index contributed by atoms with van der Waals surface area (Å²) < 4.78 is 22.3. The van der Waals surface area contributed by atoms with E-state index in [1.807, 2.05) is 79.2 Å². The number of methoxy groups -OCH3 is 3. The lowest BCUT2D eigenvalue weighted by atomic mass is 9.81. The van der Waals surface area contributed by atoms with Gasteiger partial charge in [0.25, 0.3) is 14.1 Å². The van der Waals surface area contributed by atoms with Crippen molar-refractivity contribution in [3.8, 4) is 17.2 Å². The monoisotopic (exact) mass is 684 g/mol. The van der Waals surface area contributed by atoms with Crippen LogP contribution in [-0.4, -0.2) is 71.8 Å². The zero-order valence-corrected chi connectivity index (χ0v) is 32.0. The molecule has 4 atom stereocenters. The van der Waals surface area contributed by atoms with Crippen LogP contribution in [0.3, 0.4) is 0 Å². The molecule has 0 bridgehead atoms. The molecular formula is C35H51AlN2O6P2. The van der Waals surface area contributed by atoms with Crippen molar-refractivity contribution in [1.82, 2.24) is 4.67 Å². The molecule has 250 valence electrons. The van der Waals surface area contributed by atoms with Crippen LogP contribution in [0.4, 0.5) is 5.69 Å². The molecule has 0 spiro atoms. The Kier molecular flexibility index (Phi) is 16.4. The van der Waals surface area contributed by atoms with Crippen molar-refractivity contribution in [2.45, 2.75) is 54.9 Å². The maximum Gasteiger partial charge on any atom is 0.316 e. The van der Waals surface area contributed by atoms with E-state index in [1.54, 1.807) is 33.5 Å². The Morgan fingerprint density at radius 2 is 1.28 bits per heavy atom. The zero-order chi connectivity index (χ0) is 34.3. The van der Waals surface area contributed by atoms with E-state index in [2.05, 4.69) is 24.0 Å². The molecule has 2 heterocycles. The molecule has 11 heteroatoms. The first kappa shape index (κ1) is 39.4. The molecule has 2 aliphatic heterocycles. The van der Waals surface area contributed by atoms with Gasteiger partial charge in [-0.1, -0.05) is 32.5 Å². The fourth-order valence-electron chi connectivity index (χ4n) is 4.76. The van der Waals surface area contributed by atoms with Gasteiger partial charge in [-0.25, -0.2) is 0 Å². The maximum absolute atomic E-state index is 12.5. The number of nitrogens with zero attached hydrogens (tertiary/aromatic N) is 1. The first-order chi connectivity index (χ1) is 21.8. The lowest BCUT2D eigenvalue weighted by molar-refractivity contribution is -0.142. The van der Waals surface area contributed by atoms with Crippen molar-refractivity contribution in [1.29, 1.82) is 0 Å². The van der Waals surface area contributed by atoms with Crippen LogP contribution in [0.25, 0.3) is 0 Å². The van der Waals surface area contributed by atoms with Gasteiger partial charge in [-0.05, 0) is 86.6 Å². The van der Waals surface area contributed by atoms with Crippen molar-refractivity contribution in [3.63, 3.8) is 0 Å². The average molecular weight is 685 g/mol. The van der Waals surface area contributed by atoms with Gasteiger partial charge in [0.15, 0.2) is 0 Å². The van der Waals surface area contributed by atoms with Gasteiger partial charge >= 0.3 is 5.97 Å². The van der Waals surface area contributed by atoms with Gasteiger partial charge in [0.2, 0.25) is 5.91 Å². The van der Waals surface area contributed by atoms with Crippen LogP contribution in [0.2, 0.25) is 17.4 Å². The van der Waals surface area contributed by atoms with E-state index in [1.165, 1.54) is 0 Å². The number of amides is 1. The van der Waals surface area contributed by atoms with Gasteiger partial charge in [-0.2, -0.15) is 0 Å². The number of nitrogen functional groups attached to an aromatic ring is 1. The summed E-state index contributed by atoms with van der Waals surface area (Å²) in [5, 5.41) is 0. The molecule has 0 aromatic heterocycles. The summed E-state index contributed by atoms with van der Waals surface area (Å²) in [5.41, 5.74) is 7.34. The maximum atomic E-state index is 12.5. The van der Waals surface area contributed by atoms with Crippen LogP contribution >= 0.6 is 16.7 Å². The molecule has 2 saturated heterocycles. The SMILES string of the molecule is COc1ccc(N)cc1.COc1cccc(C2(C)CCN(PPC)C2=O)c1.COc1cccc(C2(C)CCOC2=O)c1.[CH3][Al]([CH3])[CH3]. The van der Waals surface area contributed by atoms with E-state index in [-0.39, 0.29) is 31.4 Å². The first-order valence-electron chi connectivity index (χ1n) is 15.4. The minimum atomic E-state index is -0.505. The van der Waals surface area contributed by atoms with Crippen molar-refractivity contribution >= 4 is 48.4 Å². The van der Waals surface area contributed by atoms with Crippen LogP contribution in [0, 0.1) is 0 Å². The van der Waals surface area contributed by atoms with Crippen molar-refractivity contribution in [2.75, 3.05) is 46.9 Å². The molecular weight excluding hydrogens is 633 g/mol. The third-order valence-corrected chi connectivity index (χ3v) is 10.0. The number of rotatable bonds is 7. The van der Waals surface area contributed by atoms with E-state index in [4.69, 9.17) is 24.7 Å². The molecule has 0 aliphatic carbocycles. The van der Waals surface area contributed by atoms with Gasteiger partial charge in [0.05, 0.1) is 38.8 Å². The predicted molar refractivity (Wildman–Crippen MR) is 196 cm³/mol. The number of carbonyl (C=O) groups excluding carboxylic acids is 2. The average Bonchev–Trinajstić information content (AvgIpc) is 3.56. The molecule has 1 amide bonds. The third kappa shape index (κ3) is 11.2. The second kappa shape index (κ2) is 19.1. The molecule has 46 heavy (non-hydrogen) atoms. The summed E-state index contributed by atoms with van der Waals surface area (Å²) in [5.74, 6) is 9.47. The standard InChI is InChI=1S/C13H19NO2P2.C12H14O3.C7H9NO.3CH3.Al/c1-13(7-8-14(12(13)15)18-17-3)10-5-4-6-11(9-10)16-2;1-12(6-7-15-11(12)13)9-4-3-5-10(8-9)14-2;1-9-7-4-2-6(8)3-5-7;;;;/h4-6,9,17-18H,7-8H2,1-3H3;3-5,8H,6-7H2,1-2H3;2-5H,8H2,1H3;3*1H3;. The third-order valence-electron chi connectivity index (χ3n) is 7.61. The topological polar surface area (TPSA) is 100 Å². The minimum Gasteiger partial charge on any atom is -0.497 e. The number of hydrogen-bond donors (Lipinski definition) is 1. The second-order valence-corrected chi connectivity index (χ2v) is 19.0. The quantitative estimate of drug-likeness (QED) is 0.119. The molecule has 0 radical (unpaired) electrons. The first-order valence-corrected chi connectivity index (χ1v) is 22.4. The Morgan fingerprint density at radius 1 is 0.783 bits per heavy atom. The van der Waals surface area contributed by atoms with Crippen LogP contribution in [-0.2, 0) is 25.2 Å². The number of nitrogens with two attached hydrogens (primary N) is 1. The van der Waals surface area contributed by atoms with E-state index < -0.39 is 5.41 Å². The van der Waals surface area contributed by atoms with Gasteiger partial charge in [-0.3, -0.25) is 9.59 Å². The Bertz CT molecular complexity index is 1390. The number of anilines is 1. The normalized spacial score (nSPS) is 20.2. The number of hydrogen-bond acceptors (Lipinski definition) is 7. The predicted octanol–water partition coefficient (Wildman–Crippen LogP) is 7.55. The highest BCUT2D eigenvalue weighted by Crippen LogP contribution is 2.46. The smallest absolute Gasteiger partial charge is 0.316 e. The van der Waals surface area contributed by atoms with E-state index in [0.29, 0.717) is 15.0 Å². The molecule has 8 nitrogen and oxygen atoms in total. The van der Waals surface area contributed by atoms with Crippen molar-refractivity contribution in [2.24, 2.45) is 0 Å². The summed E-state index contributed by atoms with van der Waals surface area (Å²) in [4.78, 5) is 24.1. The summed E-state index contributed by atoms with van der Waals surface area (Å²) in [6.07, 6.45) is 1.63. The number of esters is 1. The Hall–Kier alpha value is -2.81. The highest BCUT2D eigenvalue weighted by molar-refractivity contribution is 8.10. The highest BCUT2D eigenvalue weighted by Gasteiger charge is 2.44. The lowest BCUT2D eigenvalue weighted by Gasteiger charge is -2.24. The van der Waals surface area contributed by atoms with Gasteiger partial charge < -0.3 is 29.4 Å². The van der Waals surface area contributed by atoms with Crippen LogP contribution in [0.15, 0.2) is 72.8 Å². The summed E-state index contributed by atoms with van der Waals surface area (Å²) in [7, 11) is 6.36. The molecule has 2 N–H and O–H groups in total. The molecule has 3 aromatic carbocycles. The highest BCUT2D eigenvalue weighted by atomic mass is 32.0. The Labute approximate surface area is 283 Å². The lowest BCUT2D eigenvalue weighted by Crippen LogP contribution is -2.31. The summed E-state index contributed by atoms with van der Waals surface area (Å²) in [6.45, 7) is 7.50. The Balaban J connectivity index is 0.000000236. The van der Waals surface area contributed by atoms with Gasteiger partial charge in [0.1, 0.15) is 17.2 Å². The molecule has 2 aliphatic rings. The van der Waals surface area contributed by atoms with Crippen molar-refractivity contribution in [3.05, 3.63) is 83.9 Å². The van der Waals surface area contributed by atoms with Crippen LogP contribution < -0.4 is 19.9 Å². The van der Waals surface area contributed by atoms with Gasteiger partial charge in [-0.15, -0.1) is 17.4 Å². The van der Waals surface area contributed by atoms with Crippen LogP contribution in [0.1, 0.15) is 37.8 Å². The number of cyclic esters (lactones) is 1. The Morgan fingerprint density at radius 3 is 1.72 bits per heavy atom. The fraction of sp³-hybridized carbons (Fsp3) is 0.429. The second-order valence-electron chi connectivity index (χ2n) is 12.1. The van der Waals surface area contributed by atoms with E-state index in [0.717, 1.165) is 61.7 Å². The minimum absolute atomic E-state index is 0.139. The van der Waals surface area contributed by atoms with Crippen molar-refractivity contribution < 1.29 is 28.5 Å².